The van der Waals surface area contributed by atoms with Gasteiger partial charge >= 0.3 is 0 Å². The van der Waals surface area contributed by atoms with Crippen molar-refractivity contribution >= 4 is 43.6 Å². The summed E-state index contributed by atoms with van der Waals surface area (Å²) in [5.41, 5.74) is 6.69. The molecule has 0 spiro atoms. The van der Waals surface area contributed by atoms with Crippen molar-refractivity contribution in [3.05, 3.63) is 139 Å². The van der Waals surface area contributed by atoms with Gasteiger partial charge in [-0.1, -0.05) is 72.8 Å². The predicted octanol–water partition coefficient (Wildman–Crippen LogP) is 8.69. The number of hydrogen-bond donors (Lipinski definition) is 0. The van der Waals surface area contributed by atoms with Crippen LogP contribution in [-0.4, -0.2) is 14.1 Å². The summed E-state index contributed by atoms with van der Waals surface area (Å²) in [6.07, 6.45) is 0. The predicted molar refractivity (Wildman–Crippen MR) is 168 cm³/mol. The van der Waals surface area contributed by atoms with E-state index in [1.165, 1.54) is 0 Å². The third kappa shape index (κ3) is 3.45. The van der Waals surface area contributed by atoms with Gasteiger partial charge in [-0.25, -0.2) is 4.98 Å². The lowest BCUT2D eigenvalue weighted by Gasteiger charge is -2.15. The van der Waals surface area contributed by atoms with Crippen molar-refractivity contribution in [3.8, 4) is 34.9 Å². The molecule has 8 aromatic rings. The molecule has 0 bridgehead atoms. The number of benzene rings is 5. The van der Waals surface area contributed by atoms with Crippen molar-refractivity contribution in [1.29, 1.82) is 10.5 Å². The van der Waals surface area contributed by atoms with Crippen molar-refractivity contribution in [1.82, 2.24) is 14.1 Å². The Morgan fingerprint density at radius 1 is 0.476 bits per heavy atom. The van der Waals surface area contributed by atoms with E-state index in [-0.39, 0.29) is 0 Å². The van der Waals surface area contributed by atoms with Crippen LogP contribution in [0.25, 0.3) is 66.4 Å². The first kappa shape index (κ1) is 23.7. The normalized spacial score (nSPS) is 11.3. The molecule has 0 fully saturated rings. The van der Waals surface area contributed by atoms with E-state index >= 15 is 0 Å². The van der Waals surface area contributed by atoms with Crippen LogP contribution >= 0.6 is 0 Å². The zero-order valence-corrected chi connectivity index (χ0v) is 22.4. The average molecular weight is 536 g/mol. The van der Waals surface area contributed by atoms with Crippen molar-refractivity contribution in [2.45, 2.75) is 0 Å². The van der Waals surface area contributed by atoms with Crippen LogP contribution in [0.1, 0.15) is 11.1 Å². The quantitative estimate of drug-likeness (QED) is 0.227. The molecule has 5 nitrogen and oxygen atoms in total. The van der Waals surface area contributed by atoms with Crippen molar-refractivity contribution in [2.75, 3.05) is 0 Å². The highest BCUT2D eigenvalue weighted by atomic mass is 15.1. The molecule has 3 aromatic heterocycles. The van der Waals surface area contributed by atoms with Crippen LogP contribution in [0.4, 0.5) is 0 Å². The molecule has 0 amide bonds. The molecule has 8 rings (SSSR count). The van der Waals surface area contributed by atoms with Gasteiger partial charge in [-0.05, 0) is 60.2 Å². The average Bonchev–Trinajstić information content (AvgIpc) is 3.57. The van der Waals surface area contributed by atoms with Gasteiger partial charge in [0.1, 0.15) is 11.6 Å². The summed E-state index contributed by atoms with van der Waals surface area (Å²) in [4.78, 5) is 5.32. The number of fused-ring (bicyclic) bond motifs is 6. The zero-order valence-electron chi connectivity index (χ0n) is 22.4. The molecule has 0 saturated heterocycles. The summed E-state index contributed by atoms with van der Waals surface area (Å²) in [5.74, 6) is 1.46. The summed E-state index contributed by atoms with van der Waals surface area (Å²) in [7, 11) is 0. The fourth-order valence-electron chi connectivity index (χ4n) is 6.18. The molecule has 42 heavy (non-hydrogen) atoms. The van der Waals surface area contributed by atoms with E-state index in [1.54, 1.807) is 18.2 Å². The molecular formula is C37H21N5. The molecule has 0 atom stereocenters. The van der Waals surface area contributed by atoms with E-state index in [0.717, 1.165) is 60.8 Å². The Kier molecular flexibility index (Phi) is 5.19. The van der Waals surface area contributed by atoms with Gasteiger partial charge in [-0.15, -0.1) is 0 Å². The molecule has 3 heterocycles. The van der Waals surface area contributed by atoms with E-state index < -0.39 is 0 Å². The van der Waals surface area contributed by atoms with Gasteiger partial charge in [0.15, 0.2) is 0 Å². The Labute approximate surface area is 241 Å². The van der Waals surface area contributed by atoms with Gasteiger partial charge in [0, 0.05) is 27.1 Å². The van der Waals surface area contributed by atoms with Crippen LogP contribution in [0.15, 0.2) is 127 Å². The van der Waals surface area contributed by atoms with Crippen LogP contribution < -0.4 is 0 Å². The number of para-hydroxylation sites is 4. The molecule has 0 saturated carbocycles. The van der Waals surface area contributed by atoms with E-state index in [4.69, 9.17) is 4.98 Å². The molecule has 0 unspecified atom stereocenters. The summed E-state index contributed by atoms with van der Waals surface area (Å²) >= 11 is 0. The van der Waals surface area contributed by atoms with E-state index in [9.17, 15) is 10.5 Å². The standard InChI is InChI=1S/C37H21N5/c38-22-24-17-18-25(23-39)31(19-24)26-20-36(41-32-13-5-1-9-27(32)28-10-2-6-14-33(28)41)40-37(21-26)42-34-15-7-3-11-29(34)30-12-4-8-16-35(30)42/h1-21H. The highest BCUT2D eigenvalue weighted by Crippen LogP contribution is 2.36. The van der Waals surface area contributed by atoms with Crippen LogP contribution in [-0.2, 0) is 0 Å². The molecule has 0 radical (unpaired) electrons. The Bertz CT molecular complexity index is 2210. The minimum absolute atomic E-state index is 0.498. The lowest BCUT2D eigenvalue weighted by molar-refractivity contribution is 1.01. The maximum atomic E-state index is 10.1. The van der Waals surface area contributed by atoms with Crippen molar-refractivity contribution in [2.24, 2.45) is 0 Å². The molecule has 194 valence electrons. The fourth-order valence-corrected chi connectivity index (χ4v) is 6.18. The molecule has 5 heteroatoms. The van der Waals surface area contributed by atoms with Gasteiger partial charge in [0.25, 0.3) is 0 Å². The largest absolute Gasteiger partial charge is 0.294 e. The van der Waals surface area contributed by atoms with Crippen LogP contribution in [0, 0.1) is 22.7 Å². The molecule has 0 aliphatic heterocycles. The number of rotatable bonds is 3. The first-order valence-electron chi connectivity index (χ1n) is 13.7. The molecule has 0 N–H and O–H groups in total. The maximum Gasteiger partial charge on any atom is 0.140 e. The Morgan fingerprint density at radius 3 is 1.31 bits per heavy atom. The number of nitriles is 2. The number of pyridine rings is 1. The number of nitrogens with zero attached hydrogens (tertiary/aromatic N) is 5. The van der Waals surface area contributed by atoms with Crippen LogP contribution in [0.2, 0.25) is 0 Å². The minimum atomic E-state index is 0.498. The lowest BCUT2D eigenvalue weighted by Crippen LogP contribution is -2.04. The maximum absolute atomic E-state index is 10.1. The van der Waals surface area contributed by atoms with Gasteiger partial charge in [-0.3, -0.25) is 9.13 Å². The van der Waals surface area contributed by atoms with E-state index in [0.29, 0.717) is 16.7 Å². The molecular weight excluding hydrogens is 514 g/mol. The first-order valence-corrected chi connectivity index (χ1v) is 13.7. The highest BCUT2D eigenvalue weighted by molar-refractivity contribution is 6.10. The Hall–Kier alpha value is -6.17. The van der Waals surface area contributed by atoms with E-state index in [1.807, 2.05) is 36.4 Å². The topological polar surface area (TPSA) is 70.3 Å². The SMILES string of the molecule is N#Cc1ccc(C#N)c(-c2cc(-n3c4ccccc4c4ccccc43)nc(-n3c4ccccc4c4ccccc43)c2)c1. The minimum Gasteiger partial charge on any atom is -0.294 e. The first-order chi connectivity index (χ1) is 20.7. The van der Waals surface area contributed by atoms with Gasteiger partial charge < -0.3 is 0 Å². The molecule has 5 aromatic carbocycles. The van der Waals surface area contributed by atoms with E-state index in [2.05, 4.69) is 94.1 Å². The summed E-state index contributed by atoms with van der Waals surface area (Å²) < 4.78 is 4.37. The van der Waals surface area contributed by atoms with Gasteiger partial charge in [-0.2, -0.15) is 10.5 Å². The second kappa shape index (κ2) is 9.20. The monoisotopic (exact) mass is 535 g/mol. The lowest BCUT2D eigenvalue weighted by atomic mass is 9.98. The summed E-state index contributed by atoms with van der Waals surface area (Å²) in [5, 5.41) is 24.3. The smallest absolute Gasteiger partial charge is 0.140 e. The van der Waals surface area contributed by atoms with Gasteiger partial charge in [0.2, 0.25) is 0 Å². The highest BCUT2D eigenvalue weighted by Gasteiger charge is 2.19. The number of aromatic nitrogens is 3. The third-order valence-corrected chi connectivity index (χ3v) is 8.00. The fraction of sp³-hybridized carbons (Fsp3) is 0. The third-order valence-electron chi connectivity index (χ3n) is 8.00. The summed E-state index contributed by atoms with van der Waals surface area (Å²) in [6.45, 7) is 0. The Morgan fingerprint density at radius 2 is 0.905 bits per heavy atom. The van der Waals surface area contributed by atoms with Crippen molar-refractivity contribution < 1.29 is 0 Å². The van der Waals surface area contributed by atoms with Crippen LogP contribution in [0.3, 0.4) is 0 Å². The van der Waals surface area contributed by atoms with Crippen LogP contribution in [0.5, 0.6) is 0 Å². The second-order valence-corrected chi connectivity index (χ2v) is 10.3. The van der Waals surface area contributed by atoms with Gasteiger partial charge in [0.05, 0.1) is 45.3 Å². The number of hydrogen-bond acceptors (Lipinski definition) is 3. The molecule has 0 aliphatic rings. The zero-order chi connectivity index (χ0) is 28.2. The van der Waals surface area contributed by atoms with Crippen molar-refractivity contribution in [3.63, 3.8) is 0 Å². The Balaban J connectivity index is 1.53. The second-order valence-electron chi connectivity index (χ2n) is 10.3. The summed E-state index contributed by atoms with van der Waals surface area (Å²) in [6, 6.07) is 47.2. The molecule has 0 aliphatic carbocycles.